The van der Waals surface area contributed by atoms with E-state index in [0.717, 1.165) is 6.42 Å². The molecule has 1 fully saturated rings. The van der Waals surface area contributed by atoms with E-state index in [1.807, 2.05) is 20.8 Å². The number of likely N-dealkylation sites (tertiary alicyclic amines) is 1. The normalized spacial score (nSPS) is 22.5. The lowest BCUT2D eigenvalue weighted by Crippen LogP contribution is -2.50. The molecule has 4 heteroatoms. The van der Waals surface area contributed by atoms with E-state index in [9.17, 15) is 4.79 Å². The van der Waals surface area contributed by atoms with E-state index < -0.39 is 5.60 Å². The quantitative estimate of drug-likeness (QED) is 0.865. The lowest BCUT2D eigenvalue weighted by Gasteiger charge is -2.37. The third-order valence-corrected chi connectivity index (χ3v) is 3.98. The van der Waals surface area contributed by atoms with E-state index in [1.54, 1.807) is 4.90 Å². The first kappa shape index (κ1) is 16.8. The highest BCUT2D eigenvalue weighted by atomic mass is 16.6. The fraction of sp³-hybridized carbons (Fsp3) is 0.611. The minimum atomic E-state index is -0.467. The van der Waals surface area contributed by atoms with E-state index in [1.165, 1.54) is 16.7 Å². The number of nitrogens with two attached hydrogens (primary N) is 1. The Morgan fingerprint density at radius 2 is 1.82 bits per heavy atom. The largest absolute Gasteiger partial charge is 0.444 e. The maximum Gasteiger partial charge on any atom is 0.410 e. The Labute approximate surface area is 133 Å². The van der Waals surface area contributed by atoms with Crippen LogP contribution in [0, 0.1) is 13.8 Å². The van der Waals surface area contributed by atoms with Crippen molar-refractivity contribution in [1.29, 1.82) is 0 Å². The van der Waals surface area contributed by atoms with E-state index in [4.69, 9.17) is 10.5 Å². The van der Waals surface area contributed by atoms with Gasteiger partial charge in [0.15, 0.2) is 0 Å². The average Bonchev–Trinajstić information content (AvgIpc) is 2.35. The summed E-state index contributed by atoms with van der Waals surface area (Å²) in [5.74, 6) is 0.303. The van der Waals surface area contributed by atoms with Gasteiger partial charge >= 0.3 is 6.09 Å². The third-order valence-electron chi connectivity index (χ3n) is 3.98. The highest BCUT2D eigenvalue weighted by Crippen LogP contribution is 2.29. The molecule has 0 bridgehead atoms. The Kier molecular flexibility index (Phi) is 4.81. The molecular formula is C18H28N2O2. The van der Waals surface area contributed by atoms with Crippen LogP contribution in [0.1, 0.15) is 49.8 Å². The van der Waals surface area contributed by atoms with Crippen LogP contribution in [0.25, 0.3) is 0 Å². The van der Waals surface area contributed by atoms with Crippen molar-refractivity contribution in [2.24, 2.45) is 5.73 Å². The summed E-state index contributed by atoms with van der Waals surface area (Å²) >= 11 is 0. The van der Waals surface area contributed by atoms with Crippen molar-refractivity contribution >= 4 is 6.09 Å². The minimum Gasteiger partial charge on any atom is -0.444 e. The van der Waals surface area contributed by atoms with Gasteiger partial charge in [-0.2, -0.15) is 0 Å². The fourth-order valence-corrected chi connectivity index (χ4v) is 3.11. The molecule has 22 heavy (non-hydrogen) atoms. The van der Waals surface area contributed by atoms with Gasteiger partial charge in [0.05, 0.1) is 0 Å². The maximum atomic E-state index is 12.2. The molecule has 1 aromatic rings. The molecule has 2 rings (SSSR count). The number of aryl methyl sites for hydroxylation is 2. The van der Waals surface area contributed by atoms with Crippen molar-refractivity contribution in [2.45, 2.75) is 58.6 Å². The molecule has 4 nitrogen and oxygen atoms in total. The molecule has 2 N–H and O–H groups in total. The number of benzene rings is 1. The standard InChI is InChI=1S/C18H28N2O2/c1-12-8-13(2)10-14(9-12)15-6-7-20(11-16(15)19)17(21)22-18(3,4)5/h8-10,15-16H,6-7,11,19H2,1-5H3/t15-,16-/m0/s1. The van der Waals surface area contributed by atoms with Crippen LogP contribution in [0.15, 0.2) is 18.2 Å². The lowest BCUT2D eigenvalue weighted by atomic mass is 9.84. The molecule has 122 valence electrons. The van der Waals surface area contributed by atoms with Crippen LogP contribution in [0.4, 0.5) is 4.79 Å². The molecule has 0 aromatic heterocycles. The molecular weight excluding hydrogens is 276 g/mol. The van der Waals surface area contributed by atoms with Crippen LogP contribution in [0.3, 0.4) is 0 Å². The SMILES string of the molecule is Cc1cc(C)cc([C@@H]2CCN(C(=O)OC(C)(C)C)C[C@@H]2N)c1. The number of amides is 1. The summed E-state index contributed by atoms with van der Waals surface area (Å²) in [5, 5.41) is 0. The molecule has 0 saturated carbocycles. The van der Waals surface area contributed by atoms with Crippen molar-refractivity contribution < 1.29 is 9.53 Å². The predicted octanol–water partition coefficient (Wildman–Crippen LogP) is 3.36. The van der Waals surface area contributed by atoms with Crippen molar-refractivity contribution in [3.63, 3.8) is 0 Å². The number of carbonyl (C=O) groups is 1. The smallest absolute Gasteiger partial charge is 0.410 e. The zero-order valence-electron chi connectivity index (χ0n) is 14.3. The molecule has 0 unspecified atom stereocenters. The van der Waals surface area contributed by atoms with Gasteiger partial charge in [0.2, 0.25) is 0 Å². The summed E-state index contributed by atoms with van der Waals surface area (Å²) in [7, 11) is 0. The van der Waals surface area contributed by atoms with Gasteiger partial charge in [-0.05, 0) is 46.6 Å². The number of piperidine rings is 1. The first-order chi connectivity index (χ1) is 10.2. The summed E-state index contributed by atoms with van der Waals surface area (Å²) in [4.78, 5) is 13.9. The third kappa shape index (κ3) is 4.23. The van der Waals surface area contributed by atoms with E-state index >= 15 is 0 Å². The Morgan fingerprint density at radius 1 is 1.23 bits per heavy atom. The number of nitrogens with zero attached hydrogens (tertiary/aromatic N) is 1. The summed E-state index contributed by atoms with van der Waals surface area (Å²) in [5.41, 5.74) is 9.69. The van der Waals surface area contributed by atoms with Gasteiger partial charge in [-0.3, -0.25) is 0 Å². The average molecular weight is 304 g/mol. The van der Waals surface area contributed by atoms with Crippen LogP contribution in [0.2, 0.25) is 0 Å². The summed E-state index contributed by atoms with van der Waals surface area (Å²) in [6.07, 6.45) is 0.616. The molecule has 0 radical (unpaired) electrons. The van der Waals surface area contributed by atoms with Crippen LogP contribution in [0.5, 0.6) is 0 Å². The van der Waals surface area contributed by atoms with Gasteiger partial charge in [-0.15, -0.1) is 0 Å². The second kappa shape index (κ2) is 6.29. The highest BCUT2D eigenvalue weighted by Gasteiger charge is 2.32. The van der Waals surface area contributed by atoms with E-state index in [-0.39, 0.29) is 12.1 Å². The number of hydrogen-bond donors (Lipinski definition) is 1. The van der Waals surface area contributed by atoms with Crippen LogP contribution in [-0.4, -0.2) is 35.7 Å². The topological polar surface area (TPSA) is 55.6 Å². The predicted molar refractivity (Wildman–Crippen MR) is 89.1 cm³/mol. The Hall–Kier alpha value is -1.55. The first-order valence-corrected chi connectivity index (χ1v) is 7.97. The second-order valence-corrected chi connectivity index (χ2v) is 7.41. The van der Waals surface area contributed by atoms with Crippen molar-refractivity contribution in [3.8, 4) is 0 Å². The van der Waals surface area contributed by atoms with Crippen molar-refractivity contribution in [2.75, 3.05) is 13.1 Å². The van der Waals surface area contributed by atoms with Gasteiger partial charge in [-0.1, -0.05) is 29.3 Å². The van der Waals surface area contributed by atoms with Crippen LogP contribution < -0.4 is 5.73 Å². The summed E-state index contributed by atoms with van der Waals surface area (Å²) < 4.78 is 5.44. The van der Waals surface area contributed by atoms with Crippen LogP contribution >= 0.6 is 0 Å². The molecule has 1 heterocycles. The number of carbonyl (C=O) groups excluding carboxylic acids is 1. The maximum absolute atomic E-state index is 12.2. The number of hydrogen-bond acceptors (Lipinski definition) is 3. The highest BCUT2D eigenvalue weighted by molar-refractivity contribution is 5.68. The Balaban J connectivity index is 2.05. The molecule has 2 atom stereocenters. The molecule has 1 aliphatic rings. The molecule has 1 aliphatic heterocycles. The zero-order chi connectivity index (χ0) is 16.5. The van der Waals surface area contributed by atoms with Crippen molar-refractivity contribution in [1.82, 2.24) is 4.90 Å². The van der Waals surface area contributed by atoms with Gasteiger partial charge in [-0.25, -0.2) is 4.79 Å². The Bertz CT molecular complexity index is 528. The minimum absolute atomic E-state index is 0.0533. The molecule has 1 saturated heterocycles. The van der Waals surface area contributed by atoms with Gasteiger partial charge in [0.25, 0.3) is 0 Å². The van der Waals surface area contributed by atoms with Crippen molar-refractivity contribution in [3.05, 3.63) is 34.9 Å². The molecule has 1 aromatic carbocycles. The van der Waals surface area contributed by atoms with Crippen LogP contribution in [-0.2, 0) is 4.74 Å². The monoisotopic (exact) mass is 304 g/mol. The molecule has 0 aliphatic carbocycles. The molecule has 1 amide bonds. The zero-order valence-corrected chi connectivity index (χ0v) is 14.3. The van der Waals surface area contributed by atoms with E-state index in [2.05, 4.69) is 32.0 Å². The van der Waals surface area contributed by atoms with Gasteiger partial charge in [0.1, 0.15) is 5.60 Å². The van der Waals surface area contributed by atoms with Gasteiger partial charge < -0.3 is 15.4 Å². The number of ether oxygens (including phenoxy) is 1. The summed E-state index contributed by atoms with van der Waals surface area (Å²) in [6.45, 7) is 11.1. The summed E-state index contributed by atoms with van der Waals surface area (Å²) in [6, 6.07) is 6.54. The fourth-order valence-electron chi connectivity index (χ4n) is 3.11. The Morgan fingerprint density at radius 3 is 2.32 bits per heavy atom. The lowest BCUT2D eigenvalue weighted by molar-refractivity contribution is 0.0186. The number of rotatable bonds is 1. The first-order valence-electron chi connectivity index (χ1n) is 7.97. The molecule has 0 spiro atoms. The van der Waals surface area contributed by atoms with Gasteiger partial charge in [0, 0.05) is 25.0 Å². The second-order valence-electron chi connectivity index (χ2n) is 7.41. The van der Waals surface area contributed by atoms with E-state index in [0.29, 0.717) is 19.0 Å².